The molecule has 0 bridgehead atoms. The van der Waals surface area contributed by atoms with Crippen LogP contribution >= 0.6 is 11.3 Å². The molecule has 1 aromatic heterocycles. The second-order valence-corrected chi connectivity index (χ2v) is 7.35. The molecular formula is C21H22N4OS. The van der Waals surface area contributed by atoms with E-state index < -0.39 is 0 Å². The Labute approximate surface area is 163 Å². The van der Waals surface area contributed by atoms with Crippen LogP contribution in [0.3, 0.4) is 0 Å². The van der Waals surface area contributed by atoms with E-state index in [9.17, 15) is 0 Å². The molecule has 6 heteroatoms. The van der Waals surface area contributed by atoms with E-state index in [1.54, 1.807) is 11.3 Å². The third kappa shape index (κ3) is 3.95. The second kappa shape index (κ2) is 7.80. The van der Waals surface area contributed by atoms with E-state index in [1.807, 2.05) is 35.7 Å². The van der Waals surface area contributed by atoms with Gasteiger partial charge < -0.3 is 15.4 Å². The fourth-order valence-corrected chi connectivity index (χ4v) is 3.72. The summed E-state index contributed by atoms with van der Waals surface area (Å²) in [5, 5.41) is 9.38. The van der Waals surface area contributed by atoms with Crippen molar-refractivity contribution in [2.75, 3.05) is 18.4 Å². The Morgan fingerprint density at radius 3 is 2.67 bits per heavy atom. The lowest BCUT2D eigenvalue weighted by molar-refractivity contribution is 0.477. The molecule has 0 saturated heterocycles. The van der Waals surface area contributed by atoms with E-state index in [4.69, 9.17) is 9.72 Å². The van der Waals surface area contributed by atoms with Crippen molar-refractivity contribution in [1.82, 2.24) is 10.3 Å². The summed E-state index contributed by atoms with van der Waals surface area (Å²) in [5.41, 5.74) is 4.10. The summed E-state index contributed by atoms with van der Waals surface area (Å²) in [7, 11) is 0. The normalized spacial score (nSPS) is 13.6. The molecule has 2 N–H and O–H groups in total. The van der Waals surface area contributed by atoms with Crippen LogP contribution in [0.15, 0.2) is 52.8 Å². The van der Waals surface area contributed by atoms with Gasteiger partial charge in [-0.25, -0.2) is 4.98 Å². The lowest BCUT2D eigenvalue weighted by atomic mass is 10.1. The summed E-state index contributed by atoms with van der Waals surface area (Å²) in [5.74, 6) is 2.50. The van der Waals surface area contributed by atoms with Crippen LogP contribution < -0.4 is 15.4 Å². The van der Waals surface area contributed by atoms with E-state index in [2.05, 4.69) is 41.6 Å². The summed E-state index contributed by atoms with van der Waals surface area (Å²) in [6, 6.07) is 14.2. The first-order valence-corrected chi connectivity index (χ1v) is 9.93. The molecule has 0 aliphatic carbocycles. The van der Waals surface area contributed by atoms with Gasteiger partial charge in [0, 0.05) is 24.0 Å². The molecule has 0 atom stereocenters. The molecule has 0 saturated carbocycles. The number of aryl methyl sites for hydroxylation is 2. The molecule has 27 heavy (non-hydrogen) atoms. The van der Waals surface area contributed by atoms with Crippen molar-refractivity contribution in [3.05, 3.63) is 59.0 Å². The number of aliphatic imine (C=N–C) groups is 1. The third-order valence-electron chi connectivity index (χ3n) is 4.41. The summed E-state index contributed by atoms with van der Waals surface area (Å²) in [4.78, 5) is 9.16. The van der Waals surface area contributed by atoms with Gasteiger partial charge in [0.05, 0.1) is 5.69 Å². The van der Waals surface area contributed by atoms with Gasteiger partial charge in [-0.05, 0) is 43.5 Å². The molecule has 5 nitrogen and oxygen atoms in total. The quantitative estimate of drug-likeness (QED) is 0.672. The largest absolute Gasteiger partial charge is 0.456 e. The van der Waals surface area contributed by atoms with Crippen LogP contribution in [0.5, 0.6) is 11.5 Å². The molecule has 2 heterocycles. The van der Waals surface area contributed by atoms with Crippen molar-refractivity contribution < 1.29 is 4.74 Å². The van der Waals surface area contributed by atoms with Crippen LogP contribution in [-0.4, -0.2) is 24.0 Å². The van der Waals surface area contributed by atoms with Crippen LogP contribution in [-0.2, 0) is 0 Å². The van der Waals surface area contributed by atoms with Gasteiger partial charge in [-0.1, -0.05) is 30.3 Å². The lowest BCUT2D eigenvalue weighted by Crippen LogP contribution is -2.35. The maximum atomic E-state index is 6.29. The molecule has 1 aliphatic heterocycles. The lowest BCUT2D eigenvalue weighted by Gasteiger charge is -2.14. The van der Waals surface area contributed by atoms with Crippen molar-refractivity contribution >= 4 is 22.4 Å². The maximum absolute atomic E-state index is 6.29. The Hall–Kier alpha value is -2.86. The van der Waals surface area contributed by atoms with Crippen LogP contribution in [0.25, 0.3) is 11.3 Å². The first kappa shape index (κ1) is 17.5. The SMILES string of the molecule is Cc1cccc(C)c1Oc1ccccc1-c1csc(NC2=NCCCN2)n1. The van der Waals surface area contributed by atoms with Gasteiger partial charge in [0.1, 0.15) is 11.5 Å². The number of nitrogens with zero attached hydrogens (tertiary/aromatic N) is 2. The molecular weight excluding hydrogens is 356 g/mol. The zero-order valence-corrected chi connectivity index (χ0v) is 16.3. The fourth-order valence-electron chi connectivity index (χ4n) is 3.01. The highest BCUT2D eigenvalue weighted by Crippen LogP contribution is 2.36. The zero-order valence-electron chi connectivity index (χ0n) is 15.5. The summed E-state index contributed by atoms with van der Waals surface area (Å²) in [6.45, 7) is 5.91. The number of hydrogen-bond acceptors (Lipinski definition) is 6. The van der Waals surface area contributed by atoms with Crippen molar-refractivity contribution in [3.63, 3.8) is 0 Å². The summed E-state index contributed by atoms with van der Waals surface area (Å²) < 4.78 is 6.29. The Balaban J connectivity index is 1.61. The minimum absolute atomic E-state index is 0.794. The van der Waals surface area contributed by atoms with E-state index >= 15 is 0 Å². The van der Waals surface area contributed by atoms with Gasteiger partial charge in [-0.15, -0.1) is 11.3 Å². The smallest absolute Gasteiger partial charge is 0.197 e. The average Bonchev–Trinajstić information content (AvgIpc) is 3.14. The van der Waals surface area contributed by atoms with Gasteiger partial charge in [-0.3, -0.25) is 4.99 Å². The number of ether oxygens (including phenoxy) is 1. The molecule has 0 spiro atoms. The van der Waals surface area contributed by atoms with Gasteiger partial charge in [0.2, 0.25) is 0 Å². The van der Waals surface area contributed by atoms with Gasteiger partial charge >= 0.3 is 0 Å². The first-order valence-electron chi connectivity index (χ1n) is 9.05. The van der Waals surface area contributed by atoms with Crippen molar-refractivity contribution in [2.45, 2.75) is 20.3 Å². The molecule has 3 aromatic rings. The number of rotatable bonds is 4. The van der Waals surface area contributed by atoms with E-state index in [1.165, 1.54) is 0 Å². The highest BCUT2D eigenvalue weighted by atomic mass is 32.1. The Bertz CT molecular complexity index is 960. The first-order chi connectivity index (χ1) is 13.2. The molecule has 1 aliphatic rings. The summed E-state index contributed by atoms with van der Waals surface area (Å²) >= 11 is 1.56. The second-order valence-electron chi connectivity index (χ2n) is 6.49. The number of benzene rings is 2. The summed E-state index contributed by atoms with van der Waals surface area (Å²) in [6.07, 6.45) is 1.07. The van der Waals surface area contributed by atoms with Crippen molar-refractivity contribution in [1.29, 1.82) is 0 Å². The van der Waals surface area contributed by atoms with E-state index in [0.717, 1.165) is 64.5 Å². The number of guanidine groups is 1. The van der Waals surface area contributed by atoms with Crippen molar-refractivity contribution in [2.24, 2.45) is 4.99 Å². The predicted molar refractivity (Wildman–Crippen MR) is 112 cm³/mol. The fraction of sp³-hybridized carbons (Fsp3) is 0.238. The Kier molecular flexibility index (Phi) is 5.07. The minimum atomic E-state index is 0.794. The molecule has 0 radical (unpaired) electrons. The molecule has 0 unspecified atom stereocenters. The van der Waals surface area contributed by atoms with Gasteiger partial charge in [0.15, 0.2) is 11.1 Å². The number of thiazole rings is 1. The van der Waals surface area contributed by atoms with Gasteiger partial charge in [0.25, 0.3) is 0 Å². The number of anilines is 1. The Morgan fingerprint density at radius 2 is 1.89 bits per heavy atom. The highest BCUT2D eigenvalue weighted by Gasteiger charge is 2.14. The molecule has 138 valence electrons. The monoisotopic (exact) mass is 378 g/mol. The van der Waals surface area contributed by atoms with Crippen LogP contribution in [0.4, 0.5) is 5.13 Å². The van der Waals surface area contributed by atoms with Crippen LogP contribution in [0.2, 0.25) is 0 Å². The van der Waals surface area contributed by atoms with E-state index in [-0.39, 0.29) is 0 Å². The predicted octanol–water partition coefficient (Wildman–Crippen LogP) is 4.98. The number of nitrogens with one attached hydrogen (secondary N) is 2. The Morgan fingerprint density at radius 1 is 1.07 bits per heavy atom. The number of para-hydroxylation sites is 2. The third-order valence-corrected chi connectivity index (χ3v) is 5.17. The van der Waals surface area contributed by atoms with Crippen LogP contribution in [0.1, 0.15) is 17.5 Å². The highest BCUT2D eigenvalue weighted by molar-refractivity contribution is 7.14. The molecule has 0 fully saturated rings. The number of hydrogen-bond donors (Lipinski definition) is 2. The van der Waals surface area contributed by atoms with Crippen LogP contribution in [0, 0.1) is 13.8 Å². The van der Waals surface area contributed by atoms with Crippen molar-refractivity contribution in [3.8, 4) is 22.8 Å². The molecule has 0 amide bonds. The number of aromatic nitrogens is 1. The minimum Gasteiger partial charge on any atom is -0.456 e. The van der Waals surface area contributed by atoms with E-state index in [0.29, 0.717) is 0 Å². The molecule has 4 rings (SSSR count). The standard InChI is InChI=1S/C21H22N4OS/c1-14-7-5-8-15(2)19(14)26-18-10-4-3-9-16(18)17-13-27-21(24-17)25-20-22-11-6-12-23-20/h3-5,7-10,13H,6,11-12H2,1-2H3,(H2,22,23,24,25). The maximum Gasteiger partial charge on any atom is 0.197 e. The molecule has 2 aromatic carbocycles. The zero-order chi connectivity index (χ0) is 18.6. The topological polar surface area (TPSA) is 58.5 Å². The average molecular weight is 379 g/mol. The van der Waals surface area contributed by atoms with Gasteiger partial charge in [-0.2, -0.15) is 0 Å².